The second kappa shape index (κ2) is 9.39. The average molecular weight is 436 g/mol. The van der Waals surface area contributed by atoms with E-state index >= 15 is 0 Å². The Bertz CT molecular complexity index is 1150. The number of ketones is 1. The van der Waals surface area contributed by atoms with Crippen molar-refractivity contribution in [2.75, 3.05) is 5.75 Å². The van der Waals surface area contributed by atoms with Crippen LogP contribution in [0.5, 0.6) is 0 Å². The third kappa shape index (κ3) is 4.99. The zero-order chi connectivity index (χ0) is 21.8. The van der Waals surface area contributed by atoms with Gasteiger partial charge in [-0.2, -0.15) is 0 Å². The molecule has 0 N–H and O–H groups in total. The van der Waals surface area contributed by atoms with Crippen molar-refractivity contribution in [3.05, 3.63) is 89.0 Å². The van der Waals surface area contributed by atoms with Crippen LogP contribution in [0.3, 0.4) is 0 Å². The number of aryl methyl sites for hydroxylation is 1. The molecule has 4 rings (SSSR count). The van der Waals surface area contributed by atoms with E-state index in [1.54, 1.807) is 6.26 Å². The highest BCUT2D eigenvalue weighted by Crippen LogP contribution is 2.24. The molecule has 1 aromatic carbocycles. The number of carbonyl (C=O) groups is 1. The van der Waals surface area contributed by atoms with Crippen LogP contribution < -0.4 is 0 Å². The van der Waals surface area contributed by atoms with Crippen LogP contribution in [0.25, 0.3) is 0 Å². The maximum Gasteiger partial charge on any atom is 0.277 e. The van der Waals surface area contributed by atoms with E-state index in [1.165, 1.54) is 17.3 Å². The molecular formula is C24H25N3O3S. The van der Waals surface area contributed by atoms with Crippen molar-refractivity contribution in [2.45, 2.75) is 44.9 Å². The van der Waals surface area contributed by atoms with Gasteiger partial charge < -0.3 is 13.4 Å². The fourth-order valence-electron chi connectivity index (χ4n) is 3.63. The maximum absolute atomic E-state index is 12.8. The Balaban J connectivity index is 1.36. The molecule has 1 unspecified atom stereocenters. The standard InChI is InChI=1S/C24H25N3O3S/c1-16(19-8-5-4-6-9-19)12-23-25-26-24(30-23)31-15-22(28)21-13-17(2)27(18(21)3)14-20-10-7-11-29-20/h4-11,13,16H,12,14-15H2,1-3H3. The van der Waals surface area contributed by atoms with Gasteiger partial charge in [0.15, 0.2) is 5.78 Å². The van der Waals surface area contributed by atoms with Crippen LogP contribution in [0.1, 0.15) is 51.8 Å². The minimum Gasteiger partial charge on any atom is -0.467 e. The fourth-order valence-corrected chi connectivity index (χ4v) is 4.29. The van der Waals surface area contributed by atoms with Crippen molar-refractivity contribution in [1.29, 1.82) is 0 Å². The fraction of sp³-hybridized carbons (Fsp3) is 0.292. The van der Waals surface area contributed by atoms with E-state index < -0.39 is 0 Å². The van der Waals surface area contributed by atoms with Gasteiger partial charge in [0.25, 0.3) is 5.22 Å². The number of benzene rings is 1. The lowest BCUT2D eigenvalue weighted by Gasteiger charge is -2.08. The first-order valence-electron chi connectivity index (χ1n) is 10.2. The largest absolute Gasteiger partial charge is 0.467 e. The van der Waals surface area contributed by atoms with Crippen LogP contribution in [0.15, 0.2) is 68.9 Å². The Hall–Kier alpha value is -3.06. The van der Waals surface area contributed by atoms with Crippen molar-refractivity contribution in [3.8, 4) is 0 Å². The van der Waals surface area contributed by atoms with Crippen molar-refractivity contribution in [3.63, 3.8) is 0 Å². The van der Waals surface area contributed by atoms with Gasteiger partial charge >= 0.3 is 0 Å². The summed E-state index contributed by atoms with van der Waals surface area (Å²) in [6.07, 6.45) is 2.32. The lowest BCUT2D eigenvalue weighted by molar-refractivity contribution is 0.102. The Morgan fingerprint density at radius 1 is 1.13 bits per heavy atom. The molecule has 31 heavy (non-hydrogen) atoms. The third-order valence-corrected chi connectivity index (χ3v) is 6.21. The van der Waals surface area contributed by atoms with Crippen LogP contribution in [-0.2, 0) is 13.0 Å². The van der Waals surface area contributed by atoms with E-state index in [0.29, 0.717) is 29.6 Å². The van der Waals surface area contributed by atoms with Crippen molar-refractivity contribution >= 4 is 17.5 Å². The van der Waals surface area contributed by atoms with Crippen LogP contribution in [0, 0.1) is 13.8 Å². The average Bonchev–Trinajstić information content (AvgIpc) is 3.51. The molecule has 4 aromatic rings. The zero-order valence-electron chi connectivity index (χ0n) is 17.9. The zero-order valence-corrected chi connectivity index (χ0v) is 18.7. The summed E-state index contributed by atoms with van der Waals surface area (Å²) in [7, 11) is 0. The van der Waals surface area contributed by atoms with Gasteiger partial charge in [0, 0.05) is 23.4 Å². The Morgan fingerprint density at radius 2 is 1.94 bits per heavy atom. The van der Waals surface area contributed by atoms with Gasteiger partial charge in [0.2, 0.25) is 5.89 Å². The van der Waals surface area contributed by atoms with Gasteiger partial charge in [-0.05, 0) is 43.5 Å². The Kier molecular flexibility index (Phi) is 6.42. The Morgan fingerprint density at radius 3 is 2.68 bits per heavy atom. The lowest BCUT2D eigenvalue weighted by atomic mass is 9.98. The number of thioether (sulfide) groups is 1. The molecule has 0 amide bonds. The van der Waals surface area contributed by atoms with E-state index in [2.05, 4.69) is 33.8 Å². The number of Topliss-reactive ketones (excluding diaryl/α,β-unsaturated/α-hetero) is 1. The molecule has 7 heteroatoms. The molecule has 0 fully saturated rings. The quantitative estimate of drug-likeness (QED) is 0.257. The number of carbonyl (C=O) groups excluding carboxylic acids is 1. The predicted octanol–water partition coefficient (Wildman–Crippen LogP) is 5.45. The molecule has 0 saturated carbocycles. The monoisotopic (exact) mass is 435 g/mol. The van der Waals surface area contributed by atoms with E-state index in [-0.39, 0.29) is 17.5 Å². The van der Waals surface area contributed by atoms with Crippen LogP contribution in [0.2, 0.25) is 0 Å². The first-order valence-corrected chi connectivity index (χ1v) is 11.2. The van der Waals surface area contributed by atoms with Gasteiger partial charge in [-0.3, -0.25) is 4.79 Å². The summed E-state index contributed by atoms with van der Waals surface area (Å²) in [6.45, 7) is 6.70. The SMILES string of the molecule is Cc1cc(C(=O)CSc2nnc(CC(C)c3ccccc3)o2)c(C)n1Cc1ccco1. The number of rotatable bonds is 9. The van der Waals surface area contributed by atoms with Gasteiger partial charge in [0.1, 0.15) is 5.76 Å². The molecule has 3 heterocycles. The second-order valence-electron chi connectivity index (χ2n) is 7.64. The molecule has 0 spiro atoms. The summed E-state index contributed by atoms with van der Waals surface area (Å²) < 4.78 is 13.3. The molecule has 1 atom stereocenters. The van der Waals surface area contributed by atoms with Gasteiger partial charge in [-0.15, -0.1) is 10.2 Å². The lowest BCUT2D eigenvalue weighted by Crippen LogP contribution is -2.07. The minimum absolute atomic E-state index is 0.0428. The molecule has 0 radical (unpaired) electrons. The first kappa shape index (κ1) is 21.2. The molecule has 6 nitrogen and oxygen atoms in total. The van der Waals surface area contributed by atoms with E-state index in [9.17, 15) is 4.79 Å². The highest BCUT2D eigenvalue weighted by Gasteiger charge is 2.18. The number of nitrogens with zero attached hydrogens (tertiary/aromatic N) is 3. The van der Waals surface area contributed by atoms with E-state index in [1.807, 2.05) is 50.2 Å². The van der Waals surface area contributed by atoms with Crippen molar-refractivity contribution < 1.29 is 13.6 Å². The number of hydrogen-bond donors (Lipinski definition) is 0. The summed E-state index contributed by atoms with van der Waals surface area (Å²) in [5.74, 6) is 2.02. The number of hydrogen-bond acceptors (Lipinski definition) is 6. The first-order chi connectivity index (χ1) is 15.0. The maximum atomic E-state index is 12.8. The topological polar surface area (TPSA) is 74.1 Å². The second-order valence-corrected chi connectivity index (χ2v) is 8.57. The summed E-state index contributed by atoms with van der Waals surface area (Å²) in [4.78, 5) is 12.8. The molecule has 0 bridgehead atoms. The molecular weight excluding hydrogens is 410 g/mol. The molecule has 0 aliphatic rings. The summed E-state index contributed by atoms with van der Waals surface area (Å²) in [5, 5.41) is 8.67. The molecule has 0 saturated heterocycles. The number of aromatic nitrogens is 3. The van der Waals surface area contributed by atoms with Crippen LogP contribution >= 0.6 is 11.8 Å². The van der Waals surface area contributed by atoms with E-state index in [0.717, 1.165) is 17.1 Å². The predicted molar refractivity (Wildman–Crippen MR) is 120 cm³/mol. The third-order valence-electron chi connectivity index (χ3n) is 5.39. The van der Waals surface area contributed by atoms with Gasteiger partial charge in [-0.1, -0.05) is 49.0 Å². The smallest absolute Gasteiger partial charge is 0.277 e. The Labute approximate surface area is 185 Å². The summed E-state index contributed by atoms with van der Waals surface area (Å²) >= 11 is 1.28. The molecule has 3 aromatic heterocycles. The van der Waals surface area contributed by atoms with E-state index in [4.69, 9.17) is 8.83 Å². The van der Waals surface area contributed by atoms with Gasteiger partial charge in [-0.25, -0.2) is 0 Å². The summed E-state index contributed by atoms with van der Waals surface area (Å²) in [5.41, 5.74) is 3.91. The van der Waals surface area contributed by atoms with Crippen molar-refractivity contribution in [2.24, 2.45) is 0 Å². The normalized spacial score (nSPS) is 12.2. The highest BCUT2D eigenvalue weighted by molar-refractivity contribution is 7.99. The molecule has 0 aliphatic heterocycles. The molecule has 0 aliphatic carbocycles. The van der Waals surface area contributed by atoms with Crippen LogP contribution in [-0.4, -0.2) is 26.3 Å². The number of furan rings is 1. The van der Waals surface area contributed by atoms with Gasteiger partial charge in [0.05, 0.1) is 18.6 Å². The highest BCUT2D eigenvalue weighted by atomic mass is 32.2. The van der Waals surface area contributed by atoms with Crippen LogP contribution in [0.4, 0.5) is 0 Å². The van der Waals surface area contributed by atoms with Crippen molar-refractivity contribution in [1.82, 2.24) is 14.8 Å². The minimum atomic E-state index is 0.0428. The molecule has 160 valence electrons. The summed E-state index contributed by atoms with van der Waals surface area (Å²) in [6, 6.07) is 16.0.